The molecule has 2 heteroatoms. The van der Waals surface area contributed by atoms with E-state index in [4.69, 9.17) is 10.5 Å². The van der Waals surface area contributed by atoms with Gasteiger partial charge in [0, 0.05) is 17.3 Å². The summed E-state index contributed by atoms with van der Waals surface area (Å²) in [5, 5.41) is 0. The van der Waals surface area contributed by atoms with Crippen molar-refractivity contribution in [1.82, 2.24) is 0 Å². The third-order valence-electron chi connectivity index (χ3n) is 1.60. The first-order valence-corrected chi connectivity index (χ1v) is 3.84. The van der Waals surface area contributed by atoms with Crippen molar-refractivity contribution >= 4 is 11.8 Å². The maximum Gasteiger partial charge on any atom is 0.128 e. The number of nitrogens with two attached hydrogens (primary N) is 1. The van der Waals surface area contributed by atoms with Gasteiger partial charge in [0.2, 0.25) is 0 Å². The Morgan fingerprint density at radius 2 is 2.17 bits per heavy atom. The molecule has 0 aliphatic carbocycles. The minimum Gasteiger partial charge on any atom is -0.496 e. The first-order valence-electron chi connectivity index (χ1n) is 3.84. The van der Waals surface area contributed by atoms with E-state index in [1.807, 2.05) is 37.3 Å². The lowest BCUT2D eigenvalue weighted by molar-refractivity contribution is 0.414. The SMILES string of the molecule is C/C=C/c1ccc(N)cc1OC. The molecule has 64 valence electrons. The maximum atomic E-state index is 5.60. The molecule has 0 aromatic heterocycles. The first kappa shape index (κ1) is 8.65. The standard InChI is InChI=1S/C10H13NO/c1-3-4-8-5-6-9(11)7-10(8)12-2/h3-7H,11H2,1-2H3/b4-3+. The second-order valence-corrected chi connectivity index (χ2v) is 2.50. The van der Waals surface area contributed by atoms with Gasteiger partial charge < -0.3 is 10.5 Å². The molecular formula is C10H13NO. The summed E-state index contributed by atoms with van der Waals surface area (Å²) in [6.07, 6.45) is 3.95. The average molecular weight is 163 g/mol. The van der Waals surface area contributed by atoms with Gasteiger partial charge in [-0.3, -0.25) is 0 Å². The Morgan fingerprint density at radius 1 is 1.42 bits per heavy atom. The van der Waals surface area contributed by atoms with Gasteiger partial charge in [-0.05, 0) is 19.1 Å². The summed E-state index contributed by atoms with van der Waals surface area (Å²) in [5.74, 6) is 0.813. The molecule has 0 aliphatic rings. The zero-order valence-corrected chi connectivity index (χ0v) is 7.37. The van der Waals surface area contributed by atoms with Crippen molar-refractivity contribution < 1.29 is 4.74 Å². The lowest BCUT2D eigenvalue weighted by Gasteiger charge is -2.04. The molecule has 0 atom stereocenters. The van der Waals surface area contributed by atoms with Crippen LogP contribution in [0.1, 0.15) is 12.5 Å². The fraction of sp³-hybridized carbons (Fsp3) is 0.200. The molecule has 0 fully saturated rings. The van der Waals surface area contributed by atoms with E-state index in [-0.39, 0.29) is 0 Å². The number of hydrogen-bond acceptors (Lipinski definition) is 2. The summed E-state index contributed by atoms with van der Waals surface area (Å²) in [6, 6.07) is 5.61. The highest BCUT2D eigenvalue weighted by molar-refractivity contribution is 5.61. The number of hydrogen-bond donors (Lipinski definition) is 1. The Labute approximate surface area is 72.7 Å². The molecule has 0 spiro atoms. The molecule has 1 rings (SSSR count). The van der Waals surface area contributed by atoms with Crippen molar-refractivity contribution in [1.29, 1.82) is 0 Å². The zero-order chi connectivity index (χ0) is 8.97. The summed E-state index contributed by atoms with van der Waals surface area (Å²) in [7, 11) is 1.64. The molecule has 0 saturated heterocycles. The van der Waals surface area contributed by atoms with E-state index in [1.54, 1.807) is 7.11 Å². The Balaban J connectivity index is 3.10. The topological polar surface area (TPSA) is 35.2 Å². The van der Waals surface area contributed by atoms with Crippen LogP contribution in [0.25, 0.3) is 6.08 Å². The second-order valence-electron chi connectivity index (χ2n) is 2.50. The average Bonchev–Trinajstić information content (AvgIpc) is 2.08. The number of nitrogen functional groups attached to an aromatic ring is 1. The van der Waals surface area contributed by atoms with E-state index in [2.05, 4.69) is 0 Å². The molecule has 2 nitrogen and oxygen atoms in total. The summed E-state index contributed by atoms with van der Waals surface area (Å²) in [5.41, 5.74) is 7.37. The van der Waals surface area contributed by atoms with Crippen LogP contribution in [0.4, 0.5) is 5.69 Å². The molecule has 12 heavy (non-hydrogen) atoms. The number of allylic oxidation sites excluding steroid dienone is 1. The van der Waals surface area contributed by atoms with Gasteiger partial charge in [0.15, 0.2) is 0 Å². The third-order valence-corrected chi connectivity index (χ3v) is 1.60. The van der Waals surface area contributed by atoms with Crippen LogP contribution in [0.2, 0.25) is 0 Å². The highest BCUT2D eigenvalue weighted by Crippen LogP contribution is 2.22. The molecule has 1 aromatic carbocycles. The van der Waals surface area contributed by atoms with Crippen LogP contribution in [0, 0.1) is 0 Å². The van der Waals surface area contributed by atoms with Crippen molar-refractivity contribution in [2.75, 3.05) is 12.8 Å². The monoisotopic (exact) mass is 163 g/mol. The van der Waals surface area contributed by atoms with Crippen LogP contribution in [0.15, 0.2) is 24.3 Å². The highest BCUT2D eigenvalue weighted by atomic mass is 16.5. The molecule has 0 amide bonds. The van der Waals surface area contributed by atoms with Crippen molar-refractivity contribution in [2.24, 2.45) is 0 Å². The number of methoxy groups -OCH3 is 1. The third kappa shape index (κ3) is 1.78. The zero-order valence-electron chi connectivity index (χ0n) is 7.37. The first-order chi connectivity index (χ1) is 5.77. The van der Waals surface area contributed by atoms with Crippen LogP contribution in [-0.4, -0.2) is 7.11 Å². The fourth-order valence-electron chi connectivity index (χ4n) is 1.04. The van der Waals surface area contributed by atoms with Gasteiger partial charge in [-0.15, -0.1) is 0 Å². The minimum absolute atomic E-state index is 0.722. The Hall–Kier alpha value is -1.44. The van der Waals surface area contributed by atoms with Gasteiger partial charge in [0.05, 0.1) is 7.11 Å². The van der Waals surface area contributed by atoms with E-state index < -0.39 is 0 Å². The van der Waals surface area contributed by atoms with Crippen molar-refractivity contribution in [3.8, 4) is 5.75 Å². The molecule has 1 aromatic rings. The summed E-state index contributed by atoms with van der Waals surface area (Å²) in [6.45, 7) is 1.97. The van der Waals surface area contributed by atoms with Crippen molar-refractivity contribution in [2.45, 2.75) is 6.92 Å². The number of anilines is 1. The molecule has 0 heterocycles. The van der Waals surface area contributed by atoms with Crippen molar-refractivity contribution in [3.05, 3.63) is 29.8 Å². The van der Waals surface area contributed by atoms with Crippen LogP contribution < -0.4 is 10.5 Å². The number of benzene rings is 1. The van der Waals surface area contributed by atoms with E-state index in [0.29, 0.717) is 0 Å². The van der Waals surface area contributed by atoms with E-state index in [0.717, 1.165) is 17.0 Å². The van der Waals surface area contributed by atoms with Gasteiger partial charge in [-0.2, -0.15) is 0 Å². The van der Waals surface area contributed by atoms with Gasteiger partial charge in [0.1, 0.15) is 5.75 Å². The summed E-state index contributed by atoms with van der Waals surface area (Å²) >= 11 is 0. The van der Waals surface area contributed by atoms with Gasteiger partial charge in [-0.1, -0.05) is 12.2 Å². The molecule has 0 aliphatic heterocycles. The van der Waals surface area contributed by atoms with Gasteiger partial charge >= 0.3 is 0 Å². The molecular weight excluding hydrogens is 150 g/mol. The predicted molar refractivity (Wildman–Crippen MR) is 52.1 cm³/mol. The lowest BCUT2D eigenvalue weighted by Crippen LogP contribution is -1.90. The highest BCUT2D eigenvalue weighted by Gasteiger charge is 1.98. The van der Waals surface area contributed by atoms with E-state index >= 15 is 0 Å². The lowest BCUT2D eigenvalue weighted by atomic mass is 10.1. The number of rotatable bonds is 2. The summed E-state index contributed by atoms with van der Waals surface area (Å²) < 4.78 is 5.15. The number of ether oxygens (including phenoxy) is 1. The molecule has 0 unspecified atom stereocenters. The van der Waals surface area contributed by atoms with Crippen LogP contribution in [0.3, 0.4) is 0 Å². The Bertz CT molecular complexity index is 292. The maximum absolute atomic E-state index is 5.60. The summed E-state index contributed by atoms with van der Waals surface area (Å²) in [4.78, 5) is 0. The van der Waals surface area contributed by atoms with Crippen LogP contribution in [-0.2, 0) is 0 Å². The molecule has 0 radical (unpaired) electrons. The molecule has 0 saturated carbocycles. The van der Waals surface area contributed by atoms with Gasteiger partial charge in [-0.25, -0.2) is 0 Å². The quantitative estimate of drug-likeness (QED) is 0.679. The molecule has 0 bridgehead atoms. The van der Waals surface area contributed by atoms with Gasteiger partial charge in [0.25, 0.3) is 0 Å². The largest absolute Gasteiger partial charge is 0.496 e. The Morgan fingerprint density at radius 3 is 2.75 bits per heavy atom. The van der Waals surface area contributed by atoms with Crippen LogP contribution >= 0.6 is 0 Å². The molecule has 2 N–H and O–H groups in total. The fourth-order valence-corrected chi connectivity index (χ4v) is 1.04. The Kier molecular flexibility index (Phi) is 2.75. The van der Waals surface area contributed by atoms with E-state index in [1.165, 1.54) is 0 Å². The minimum atomic E-state index is 0.722. The van der Waals surface area contributed by atoms with Crippen molar-refractivity contribution in [3.63, 3.8) is 0 Å². The predicted octanol–water partition coefficient (Wildman–Crippen LogP) is 2.31. The smallest absolute Gasteiger partial charge is 0.128 e. The van der Waals surface area contributed by atoms with Crippen LogP contribution in [0.5, 0.6) is 5.75 Å². The second kappa shape index (κ2) is 3.81. The van der Waals surface area contributed by atoms with E-state index in [9.17, 15) is 0 Å². The normalized spacial score (nSPS) is 10.5.